The SMILES string of the molecule is Cc1[nH]c(=O)[nH]c(=O)c1Sc1ccc([N+](=O)[O-])cc1. The lowest BCUT2D eigenvalue weighted by Gasteiger charge is -2.03. The van der Waals surface area contributed by atoms with Gasteiger partial charge in [-0.2, -0.15) is 0 Å². The van der Waals surface area contributed by atoms with Crippen LogP contribution >= 0.6 is 11.8 Å². The zero-order valence-corrected chi connectivity index (χ0v) is 10.6. The Labute approximate surface area is 110 Å². The summed E-state index contributed by atoms with van der Waals surface area (Å²) in [6.07, 6.45) is 0. The second-order valence-corrected chi connectivity index (χ2v) is 4.80. The highest BCUT2D eigenvalue weighted by atomic mass is 32.2. The molecule has 19 heavy (non-hydrogen) atoms. The molecule has 98 valence electrons. The van der Waals surface area contributed by atoms with Gasteiger partial charge in [0, 0.05) is 22.7 Å². The van der Waals surface area contributed by atoms with Crippen molar-refractivity contribution in [3.63, 3.8) is 0 Å². The number of nitro groups is 1. The molecule has 7 nitrogen and oxygen atoms in total. The molecule has 0 atom stereocenters. The summed E-state index contributed by atoms with van der Waals surface area (Å²) in [6.45, 7) is 1.62. The van der Waals surface area contributed by atoms with E-state index in [0.717, 1.165) is 11.8 Å². The maximum atomic E-state index is 11.6. The van der Waals surface area contributed by atoms with Crippen LogP contribution in [-0.2, 0) is 0 Å². The number of H-pyrrole nitrogens is 2. The second kappa shape index (κ2) is 5.11. The predicted octanol–water partition coefficient (Wildman–Crippen LogP) is 1.43. The molecule has 0 unspecified atom stereocenters. The van der Waals surface area contributed by atoms with Gasteiger partial charge < -0.3 is 4.98 Å². The Bertz CT molecular complexity index is 733. The van der Waals surface area contributed by atoms with Crippen molar-refractivity contribution in [3.8, 4) is 0 Å². The van der Waals surface area contributed by atoms with E-state index in [-0.39, 0.29) is 5.69 Å². The molecule has 1 heterocycles. The highest BCUT2D eigenvalue weighted by Crippen LogP contribution is 2.27. The van der Waals surface area contributed by atoms with Crippen molar-refractivity contribution >= 4 is 17.4 Å². The van der Waals surface area contributed by atoms with Gasteiger partial charge in [0.25, 0.3) is 11.2 Å². The van der Waals surface area contributed by atoms with Crippen LogP contribution in [0, 0.1) is 17.0 Å². The number of aromatic amines is 2. The summed E-state index contributed by atoms with van der Waals surface area (Å²) in [5.74, 6) is 0. The Morgan fingerprint density at radius 2 is 1.79 bits per heavy atom. The molecule has 0 radical (unpaired) electrons. The van der Waals surface area contributed by atoms with Crippen molar-refractivity contribution in [2.24, 2.45) is 0 Å². The van der Waals surface area contributed by atoms with Gasteiger partial charge in [-0.15, -0.1) is 0 Å². The van der Waals surface area contributed by atoms with Crippen molar-refractivity contribution in [3.05, 3.63) is 60.9 Å². The molecule has 1 aromatic heterocycles. The summed E-state index contributed by atoms with van der Waals surface area (Å²) in [5, 5.41) is 10.5. The molecule has 8 heteroatoms. The van der Waals surface area contributed by atoms with Crippen molar-refractivity contribution in [1.82, 2.24) is 9.97 Å². The first-order chi connectivity index (χ1) is 8.97. The molecule has 0 aliphatic heterocycles. The summed E-state index contributed by atoms with van der Waals surface area (Å²) >= 11 is 1.13. The first-order valence-corrected chi connectivity index (χ1v) is 6.04. The minimum absolute atomic E-state index is 0.0172. The Morgan fingerprint density at radius 3 is 2.32 bits per heavy atom. The molecule has 0 aliphatic rings. The van der Waals surface area contributed by atoms with Gasteiger partial charge in [0.05, 0.1) is 9.82 Å². The molecule has 0 amide bonds. The third kappa shape index (κ3) is 2.91. The van der Waals surface area contributed by atoms with Gasteiger partial charge in [-0.05, 0) is 19.1 Å². The minimum Gasteiger partial charge on any atom is -0.310 e. The van der Waals surface area contributed by atoms with Gasteiger partial charge >= 0.3 is 5.69 Å². The zero-order chi connectivity index (χ0) is 14.0. The van der Waals surface area contributed by atoms with E-state index in [2.05, 4.69) is 9.97 Å². The lowest BCUT2D eigenvalue weighted by Crippen LogP contribution is -2.24. The standard InChI is InChI=1S/C11H9N3O4S/c1-6-9(10(15)13-11(16)12-6)19-8-4-2-7(3-5-8)14(17)18/h2-5H,1H3,(H2,12,13,15,16). The van der Waals surface area contributed by atoms with E-state index >= 15 is 0 Å². The van der Waals surface area contributed by atoms with E-state index in [0.29, 0.717) is 15.5 Å². The maximum absolute atomic E-state index is 11.6. The summed E-state index contributed by atoms with van der Waals surface area (Å²) in [7, 11) is 0. The quantitative estimate of drug-likeness (QED) is 0.652. The highest BCUT2D eigenvalue weighted by molar-refractivity contribution is 7.99. The summed E-state index contributed by atoms with van der Waals surface area (Å²) in [6, 6.07) is 5.81. The normalized spacial score (nSPS) is 10.4. The van der Waals surface area contributed by atoms with E-state index < -0.39 is 16.2 Å². The predicted molar refractivity (Wildman–Crippen MR) is 69.6 cm³/mol. The lowest BCUT2D eigenvalue weighted by molar-refractivity contribution is -0.384. The van der Waals surface area contributed by atoms with E-state index in [1.54, 1.807) is 19.1 Å². The summed E-state index contributed by atoms with van der Waals surface area (Å²) < 4.78 is 0. The van der Waals surface area contributed by atoms with Crippen LogP contribution in [0.15, 0.2) is 43.6 Å². The Hall–Kier alpha value is -2.35. The molecule has 1 aromatic carbocycles. The van der Waals surface area contributed by atoms with Crippen LogP contribution in [0.4, 0.5) is 5.69 Å². The smallest absolute Gasteiger partial charge is 0.310 e. The molecular weight excluding hydrogens is 270 g/mol. The number of nitrogens with zero attached hydrogens (tertiary/aromatic N) is 1. The van der Waals surface area contributed by atoms with Crippen LogP contribution in [-0.4, -0.2) is 14.9 Å². The van der Waals surface area contributed by atoms with Crippen LogP contribution in [0.5, 0.6) is 0 Å². The number of non-ortho nitro benzene ring substituents is 1. The first-order valence-electron chi connectivity index (χ1n) is 5.23. The van der Waals surface area contributed by atoms with Crippen LogP contribution in [0.1, 0.15) is 5.69 Å². The number of benzene rings is 1. The van der Waals surface area contributed by atoms with Crippen LogP contribution in [0.3, 0.4) is 0 Å². The number of hydrogen-bond acceptors (Lipinski definition) is 5. The fraction of sp³-hybridized carbons (Fsp3) is 0.0909. The number of nitro benzene ring substituents is 1. The van der Waals surface area contributed by atoms with Gasteiger partial charge in [-0.25, -0.2) is 4.79 Å². The van der Waals surface area contributed by atoms with E-state index in [1.807, 2.05) is 0 Å². The van der Waals surface area contributed by atoms with Gasteiger partial charge in [-0.3, -0.25) is 19.9 Å². The summed E-state index contributed by atoms with van der Waals surface area (Å²) in [4.78, 5) is 38.4. The number of rotatable bonds is 3. The minimum atomic E-state index is -0.560. The number of nitrogens with one attached hydrogen (secondary N) is 2. The first kappa shape index (κ1) is 13.1. The Morgan fingerprint density at radius 1 is 1.16 bits per heavy atom. The number of aromatic nitrogens is 2. The number of hydrogen-bond donors (Lipinski definition) is 2. The number of aryl methyl sites for hydroxylation is 1. The second-order valence-electron chi connectivity index (χ2n) is 3.72. The molecule has 0 saturated heterocycles. The monoisotopic (exact) mass is 279 g/mol. The molecule has 0 aliphatic carbocycles. The van der Waals surface area contributed by atoms with E-state index in [4.69, 9.17) is 0 Å². The van der Waals surface area contributed by atoms with Crippen molar-refractivity contribution in [1.29, 1.82) is 0 Å². The highest BCUT2D eigenvalue weighted by Gasteiger charge is 2.09. The maximum Gasteiger partial charge on any atom is 0.325 e. The topological polar surface area (TPSA) is 109 Å². The van der Waals surface area contributed by atoms with Crippen molar-refractivity contribution in [2.75, 3.05) is 0 Å². The van der Waals surface area contributed by atoms with Gasteiger partial charge in [-0.1, -0.05) is 11.8 Å². The van der Waals surface area contributed by atoms with Crippen LogP contribution in [0.2, 0.25) is 0 Å². The van der Waals surface area contributed by atoms with Crippen LogP contribution < -0.4 is 11.2 Å². The van der Waals surface area contributed by atoms with Gasteiger partial charge in [0.15, 0.2) is 0 Å². The van der Waals surface area contributed by atoms with E-state index in [9.17, 15) is 19.7 Å². The van der Waals surface area contributed by atoms with Gasteiger partial charge in [0.2, 0.25) is 0 Å². The lowest BCUT2D eigenvalue weighted by atomic mass is 10.3. The third-order valence-corrected chi connectivity index (χ3v) is 3.55. The van der Waals surface area contributed by atoms with Crippen LogP contribution in [0.25, 0.3) is 0 Å². The molecule has 0 spiro atoms. The molecular formula is C11H9N3O4S. The van der Waals surface area contributed by atoms with Gasteiger partial charge in [0.1, 0.15) is 0 Å². The fourth-order valence-corrected chi connectivity index (χ4v) is 2.32. The molecule has 2 N–H and O–H groups in total. The third-order valence-electron chi connectivity index (χ3n) is 2.34. The van der Waals surface area contributed by atoms with E-state index in [1.165, 1.54) is 12.1 Å². The molecule has 0 bridgehead atoms. The molecule has 2 aromatic rings. The largest absolute Gasteiger partial charge is 0.325 e. The molecule has 2 rings (SSSR count). The van der Waals surface area contributed by atoms with Crippen molar-refractivity contribution in [2.45, 2.75) is 16.7 Å². The Kier molecular flexibility index (Phi) is 3.52. The fourth-order valence-electron chi connectivity index (χ4n) is 1.47. The zero-order valence-electron chi connectivity index (χ0n) is 9.80. The molecule has 0 fully saturated rings. The van der Waals surface area contributed by atoms with Crippen molar-refractivity contribution < 1.29 is 4.92 Å². The Balaban J connectivity index is 2.34. The average Bonchev–Trinajstić information content (AvgIpc) is 2.34. The summed E-state index contributed by atoms with van der Waals surface area (Å²) in [5.41, 5.74) is -0.603. The molecule has 0 saturated carbocycles. The average molecular weight is 279 g/mol.